The molecule has 1 saturated heterocycles. The van der Waals surface area contributed by atoms with E-state index in [-0.39, 0.29) is 5.13 Å². The zero-order valence-electron chi connectivity index (χ0n) is 13.9. The minimum atomic E-state index is -4.68. The summed E-state index contributed by atoms with van der Waals surface area (Å²) < 4.78 is 39.0. The summed E-state index contributed by atoms with van der Waals surface area (Å²) >= 11 is 1.16. The SMILES string of the molecule is O=C(O)[C@@H]1CN(C(=O)Nc2nc(Cc3ccccc3)cs2)C[C@H]1C(F)(F)F. The first-order valence-corrected chi connectivity index (χ1v) is 8.96. The van der Waals surface area contributed by atoms with Crippen molar-refractivity contribution in [3.8, 4) is 0 Å². The summed E-state index contributed by atoms with van der Waals surface area (Å²) in [6.07, 6.45) is -4.11. The number of urea groups is 1. The van der Waals surface area contributed by atoms with Gasteiger partial charge in [0, 0.05) is 24.9 Å². The number of benzene rings is 1. The number of carboxylic acid groups (broad SMARTS) is 1. The van der Waals surface area contributed by atoms with Crippen molar-refractivity contribution in [1.82, 2.24) is 9.88 Å². The Labute approximate surface area is 156 Å². The summed E-state index contributed by atoms with van der Waals surface area (Å²) in [7, 11) is 0. The number of likely N-dealkylation sites (tertiary alicyclic amines) is 1. The second kappa shape index (κ2) is 7.55. The van der Waals surface area contributed by atoms with Crippen LogP contribution in [0.25, 0.3) is 0 Å². The Morgan fingerprint density at radius 2 is 1.96 bits per heavy atom. The minimum absolute atomic E-state index is 0.258. The van der Waals surface area contributed by atoms with E-state index in [0.717, 1.165) is 27.5 Å². The van der Waals surface area contributed by atoms with Gasteiger partial charge in [0.2, 0.25) is 0 Å². The molecule has 2 amide bonds. The Bertz CT molecular complexity index is 826. The first kappa shape index (κ1) is 19.2. The van der Waals surface area contributed by atoms with Crippen LogP contribution in [0.2, 0.25) is 0 Å². The summed E-state index contributed by atoms with van der Waals surface area (Å²) in [6, 6.07) is 8.77. The summed E-state index contributed by atoms with van der Waals surface area (Å²) in [5.74, 6) is -5.31. The number of hydrogen-bond acceptors (Lipinski definition) is 4. The molecular formula is C17H16F3N3O3S. The van der Waals surface area contributed by atoms with E-state index in [4.69, 9.17) is 5.11 Å². The van der Waals surface area contributed by atoms with Crippen molar-refractivity contribution in [2.45, 2.75) is 12.6 Å². The molecule has 6 nitrogen and oxygen atoms in total. The molecule has 0 bridgehead atoms. The topological polar surface area (TPSA) is 82.5 Å². The molecule has 2 N–H and O–H groups in total. The van der Waals surface area contributed by atoms with E-state index in [9.17, 15) is 22.8 Å². The van der Waals surface area contributed by atoms with Crippen molar-refractivity contribution in [3.05, 3.63) is 47.0 Å². The molecule has 27 heavy (non-hydrogen) atoms. The van der Waals surface area contributed by atoms with Crippen LogP contribution in [0.5, 0.6) is 0 Å². The van der Waals surface area contributed by atoms with Crippen LogP contribution in [0.4, 0.5) is 23.1 Å². The number of aliphatic carboxylic acids is 1. The number of alkyl halides is 3. The molecule has 2 aromatic rings. The average molecular weight is 399 g/mol. The van der Waals surface area contributed by atoms with Crippen molar-refractivity contribution in [2.75, 3.05) is 18.4 Å². The number of carboxylic acids is 1. The highest BCUT2D eigenvalue weighted by molar-refractivity contribution is 7.13. The van der Waals surface area contributed by atoms with E-state index >= 15 is 0 Å². The van der Waals surface area contributed by atoms with Crippen LogP contribution in [-0.2, 0) is 11.2 Å². The lowest BCUT2D eigenvalue weighted by Crippen LogP contribution is -2.35. The highest BCUT2D eigenvalue weighted by atomic mass is 32.1. The maximum absolute atomic E-state index is 13.0. The highest BCUT2D eigenvalue weighted by Crippen LogP contribution is 2.38. The molecule has 0 spiro atoms. The minimum Gasteiger partial charge on any atom is -0.481 e. The highest BCUT2D eigenvalue weighted by Gasteiger charge is 2.53. The number of halogens is 3. The van der Waals surface area contributed by atoms with Gasteiger partial charge in [-0.1, -0.05) is 30.3 Å². The number of carbonyl (C=O) groups excluding carboxylic acids is 1. The van der Waals surface area contributed by atoms with Gasteiger partial charge in [0.1, 0.15) is 0 Å². The smallest absolute Gasteiger partial charge is 0.394 e. The van der Waals surface area contributed by atoms with E-state index in [2.05, 4.69) is 10.3 Å². The standard InChI is InChI=1S/C17H16F3N3O3S/c18-17(19,20)13-8-23(7-12(13)14(24)25)16(26)22-15-21-11(9-27-15)6-10-4-2-1-3-5-10/h1-5,9,12-13H,6-8H2,(H,24,25)(H,21,22,26)/t12-,13-/m1/s1. The predicted molar refractivity (Wildman–Crippen MR) is 92.6 cm³/mol. The van der Waals surface area contributed by atoms with Crippen LogP contribution < -0.4 is 5.32 Å². The van der Waals surface area contributed by atoms with E-state index in [1.54, 1.807) is 5.38 Å². The Kier molecular flexibility index (Phi) is 5.36. The Balaban J connectivity index is 1.63. The molecule has 3 rings (SSSR count). The number of hydrogen-bond donors (Lipinski definition) is 2. The summed E-state index contributed by atoms with van der Waals surface area (Å²) in [5, 5.41) is 13.5. The fourth-order valence-electron chi connectivity index (χ4n) is 2.97. The van der Waals surface area contributed by atoms with Crippen molar-refractivity contribution in [3.63, 3.8) is 0 Å². The number of nitrogens with zero attached hydrogens (tertiary/aromatic N) is 2. The first-order valence-electron chi connectivity index (χ1n) is 8.08. The van der Waals surface area contributed by atoms with Gasteiger partial charge in [0.15, 0.2) is 5.13 Å². The van der Waals surface area contributed by atoms with E-state index in [1.165, 1.54) is 0 Å². The molecular weight excluding hydrogens is 383 g/mol. The molecule has 10 heteroatoms. The Hall–Kier alpha value is -2.62. The molecule has 0 saturated carbocycles. The van der Waals surface area contributed by atoms with Crippen molar-refractivity contribution in [1.29, 1.82) is 0 Å². The number of nitrogens with one attached hydrogen (secondary N) is 1. The number of carbonyl (C=O) groups is 2. The molecule has 1 aliphatic rings. The van der Waals surface area contributed by atoms with Gasteiger partial charge in [-0.2, -0.15) is 13.2 Å². The van der Waals surface area contributed by atoms with Gasteiger partial charge in [-0.15, -0.1) is 11.3 Å². The lowest BCUT2D eigenvalue weighted by Gasteiger charge is -2.18. The third-order valence-electron chi connectivity index (χ3n) is 4.34. The Morgan fingerprint density at radius 3 is 2.56 bits per heavy atom. The summed E-state index contributed by atoms with van der Waals surface area (Å²) in [4.78, 5) is 28.5. The van der Waals surface area contributed by atoms with Crippen LogP contribution >= 0.6 is 11.3 Å². The molecule has 1 aromatic carbocycles. The zero-order valence-corrected chi connectivity index (χ0v) is 14.8. The largest absolute Gasteiger partial charge is 0.481 e. The normalized spacial score (nSPS) is 19.9. The molecule has 1 aromatic heterocycles. The molecule has 0 radical (unpaired) electrons. The third-order valence-corrected chi connectivity index (χ3v) is 5.14. The Morgan fingerprint density at radius 1 is 1.26 bits per heavy atom. The molecule has 0 aliphatic carbocycles. The van der Waals surface area contributed by atoms with Crippen LogP contribution in [0, 0.1) is 11.8 Å². The van der Waals surface area contributed by atoms with E-state index in [1.807, 2.05) is 30.3 Å². The van der Waals surface area contributed by atoms with Crippen LogP contribution in [0.15, 0.2) is 35.7 Å². The molecule has 144 valence electrons. The van der Waals surface area contributed by atoms with Gasteiger partial charge < -0.3 is 10.0 Å². The van der Waals surface area contributed by atoms with Gasteiger partial charge in [-0.3, -0.25) is 10.1 Å². The van der Waals surface area contributed by atoms with Crippen LogP contribution in [-0.4, -0.2) is 46.3 Å². The number of aromatic nitrogens is 1. The van der Waals surface area contributed by atoms with Gasteiger partial charge in [0.25, 0.3) is 0 Å². The number of thiazole rings is 1. The lowest BCUT2D eigenvalue weighted by atomic mass is 9.96. The van der Waals surface area contributed by atoms with Crippen LogP contribution in [0.3, 0.4) is 0 Å². The summed E-state index contributed by atoms with van der Waals surface area (Å²) in [5.41, 5.74) is 1.76. The fraction of sp³-hybridized carbons (Fsp3) is 0.353. The molecule has 2 atom stereocenters. The fourth-order valence-corrected chi connectivity index (χ4v) is 3.67. The summed E-state index contributed by atoms with van der Waals surface area (Å²) in [6.45, 7) is -1.18. The van der Waals surface area contributed by atoms with Gasteiger partial charge in [-0.25, -0.2) is 9.78 Å². The average Bonchev–Trinajstić information content (AvgIpc) is 3.22. The van der Waals surface area contributed by atoms with Crippen molar-refractivity contribution in [2.24, 2.45) is 11.8 Å². The van der Waals surface area contributed by atoms with Crippen molar-refractivity contribution >= 4 is 28.5 Å². The quantitative estimate of drug-likeness (QED) is 0.825. The number of rotatable bonds is 4. The maximum atomic E-state index is 13.0. The van der Waals surface area contributed by atoms with E-state index < -0.39 is 43.1 Å². The van der Waals surface area contributed by atoms with Crippen molar-refractivity contribution < 1.29 is 27.9 Å². The third kappa shape index (κ3) is 4.57. The number of anilines is 1. The first-order chi connectivity index (χ1) is 12.7. The lowest BCUT2D eigenvalue weighted by molar-refractivity contribution is -0.187. The molecule has 1 aliphatic heterocycles. The van der Waals surface area contributed by atoms with Gasteiger partial charge in [-0.05, 0) is 5.56 Å². The number of amides is 2. The zero-order chi connectivity index (χ0) is 19.6. The van der Waals surface area contributed by atoms with E-state index in [0.29, 0.717) is 6.42 Å². The monoisotopic (exact) mass is 399 g/mol. The maximum Gasteiger partial charge on any atom is 0.394 e. The molecule has 1 fully saturated rings. The second-order valence-electron chi connectivity index (χ2n) is 6.23. The van der Waals surface area contributed by atoms with Gasteiger partial charge >= 0.3 is 18.2 Å². The molecule has 0 unspecified atom stereocenters. The van der Waals surface area contributed by atoms with Gasteiger partial charge in [0.05, 0.1) is 17.5 Å². The predicted octanol–water partition coefficient (Wildman–Crippen LogP) is 3.46. The van der Waals surface area contributed by atoms with Crippen LogP contribution in [0.1, 0.15) is 11.3 Å². The molecule has 2 heterocycles. The second-order valence-corrected chi connectivity index (χ2v) is 7.09.